The molecule has 0 aliphatic carbocycles. The second kappa shape index (κ2) is 6.35. The monoisotopic (exact) mass is 316 g/mol. The van der Waals surface area contributed by atoms with Crippen LogP contribution in [0.5, 0.6) is 0 Å². The zero-order valence-electron chi connectivity index (χ0n) is 13.6. The van der Waals surface area contributed by atoms with Crippen LogP contribution >= 0.6 is 0 Å². The molecule has 0 aliphatic rings. The van der Waals surface area contributed by atoms with Crippen molar-refractivity contribution in [3.63, 3.8) is 0 Å². The summed E-state index contributed by atoms with van der Waals surface area (Å²) in [6.45, 7) is 7.17. The molecule has 0 radical (unpaired) electrons. The summed E-state index contributed by atoms with van der Waals surface area (Å²) in [6.07, 6.45) is 0. The van der Waals surface area contributed by atoms with Gasteiger partial charge in [-0.05, 0) is 38.8 Å². The number of aliphatic hydroxyl groups is 1. The maximum Gasteiger partial charge on any atom is 0.0853 e. The van der Waals surface area contributed by atoms with E-state index in [0.717, 1.165) is 11.1 Å². The Kier molecular flexibility index (Phi) is 4.88. The molecule has 1 atom stereocenters. The lowest BCUT2D eigenvalue weighted by Gasteiger charge is -2.39. The van der Waals surface area contributed by atoms with E-state index in [4.69, 9.17) is 0 Å². The van der Waals surface area contributed by atoms with Crippen LogP contribution in [0.1, 0.15) is 44.1 Å². The first kappa shape index (κ1) is 16.9. The van der Waals surface area contributed by atoms with Gasteiger partial charge in [0.25, 0.3) is 0 Å². The third kappa shape index (κ3) is 3.31. The minimum absolute atomic E-state index is 0.260. The van der Waals surface area contributed by atoms with Crippen LogP contribution in [0.15, 0.2) is 60.7 Å². The minimum Gasteiger partial charge on any atom is -0.389 e. The molecule has 3 heteroatoms. The summed E-state index contributed by atoms with van der Waals surface area (Å²) in [4.78, 5) is 0. The van der Waals surface area contributed by atoms with Crippen LogP contribution in [0.3, 0.4) is 0 Å². The van der Waals surface area contributed by atoms with Crippen LogP contribution in [-0.4, -0.2) is 19.7 Å². The van der Waals surface area contributed by atoms with E-state index in [1.54, 1.807) is 13.8 Å². The molecule has 2 rings (SSSR count). The third-order valence-corrected chi connectivity index (χ3v) is 6.87. The molecule has 0 saturated carbocycles. The molecule has 2 nitrogen and oxygen atoms in total. The second-order valence-electron chi connectivity index (χ2n) is 6.57. The molecule has 0 bridgehead atoms. The average molecular weight is 316 g/mol. The van der Waals surface area contributed by atoms with Crippen molar-refractivity contribution >= 4 is 10.8 Å². The zero-order chi connectivity index (χ0) is 16.4. The van der Waals surface area contributed by atoms with Crippen molar-refractivity contribution in [3.8, 4) is 0 Å². The van der Waals surface area contributed by atoms with Crippen molar-refractivity contribution in [2.24, 2.45) is 0 Å². The molecule has 0 amide bonds. The molecular weight excluding hydrogens is 292 g/mol. The highest BCUT2D eigenvalue weighted by atomic mass is 32.2. The lowest BCUT2D eigenvalue weighted by atomic mass is 9.94. The highest BCUT2D eigenvalue weighted by molar-refractivity contribution is 7.87. The summed E-state index contributed by atoms with van der Waals surface area (Å²) in [6, 6.07) is 19.7. The Hall–Kier alpha value is -1.45. The summed E-state index contributed by atoms with van der Waals surface area (Å²) >= 11 is 0. The van der Waals surface area contributed by atoms with Crippen LogP contribution in [-0.2, 0) is 10.8 Å². The van der Waals surface area contributed by atoms with E-state index < -0.39 is 21.1 Å². The van der Waals surface area contributed by atoms with Gasteiger partial charge in [0, 0.05) is 10.8 Å². The molecular formula is C19H24O2S. The van der Waals surface area contributed by atoms with Crippen LogP contribution in [0.2, 0.25) is 0 Å². The number of hydrogen-bond donors (Lipinski definition) is 1. The first-order valence-corrected chi connectivity index (χ1v) is 8.69. The maximum absolute atomic E-state index is 13.4. The minimum atomic E-state index is -1.29. The van der Waals surface area contributed by atoms with Crippen LogP contribution in [0.4, 0.5) is 0 Å². The third-order valence-electron chi connectivity index (χ3n) is 4.40. The van der Waals surface area contributed by atoms with Gasteiger partial charge in [0.05, 0.1) is 15.6 Å². The van der Waals surface area contributed by atoms with E-state index in [1.165, 1.54) is 0 Å². The van der Waals surface area contributed by atoms with Gasteiger partial charge in [0.1, 0.15) is 0 Å². The number of hydrogen-bond acceptors (Lipinski definition) is 2. The van der Waals surface area contributed by atoms with Gasteiger partial charge in [0.15, 0.2) is 0 Å². The second-order valence-corrected chi connectivity index (χ2v) is 8.65. The molecule has 22 heavy (non-hydrogen) atoms. The Morgan fingerprint density at radius 2 is 1.18 bits per heavy atom. The van der Waals surface area contributed by atoms with Gasteiger partial charge in [-0.2, -0.15) is 0 Å². The van der Waals surface area contributed by atoms with E-state index in [-0.39, 0.29) is 5.25 Å². The highest BCUT2D eigenvalue weighted by Crippen LogP contribution is 2.38. The van der Waals surface area contributed by atoms with Crippen LogP contribution in [0.25, 0.3) is 0 Å². The summed E-state index contributed by atoms with van der Waals surface area (Å²) in [5.41, 5.74) is 0.966. The van der Waals surface area contributed by atoms with Crippen molar-refractivity contribution in [1.29, 1.82) is 0 Å². The first-order valence-electron chi connectivity index (χ1n) is 7.48. The topological polar surface area (TPSA) is 37.3 Å². The summed E-state index contributed by atoms with van der Waals surface area (Å²) in [7, 11) is -1.29. The van der Waals surface area contributed by atoms with Gasteiger partial charge < -0.3 is 5.11 Å². The maximum atomic E-state index is 13.4. The molecule has 0 fully saturated rings. The van der Waals surface area contributed by atoms with Crippen molar-refractivity contribution in [3.05, 3.63) is 71.8 Å². The van der Waals surface area contributed by atoms with Gasteiger partial charge in [-0.1, -0.05) is 60.7 Å². The Bertz CT molecular complexity index is 588. The SMILES string of the molecule is CC(C)(O)C(C)(C)[S@@](=O)C(c1ccccc1)c1ccccc1. The smallest absolute Gasteiger partial charge is 0.0853 e. The van der Waals surface area contributed by atoms with Crippen LogP contribution in [0, 0.1) is 0 Å². The van der Waals surface area contributed by atoms with E-state index in [2.05, 4.69) is 0 Å². The molecule has 0 aromatic heterocycles. The molecule has 0 spiro atoms. The fourth-order valence-corrected chi connectivity index (χ4v) is 4.13. The van der Waals surface area contributed by atoms with Crippen molar-refractivity contribution in [2.45, 2.75) is 43.3 Å². The zero-order valence-corrected chi connectivity index (χ0v) is 14.4. The molecule has 2 aromatic rings. The Labute approximate surface area is 135 Å². The average Bonchev–Trinajstić information content (AvgIpc) is 2.48. The van der Waals surface area contributed by atoms with Gasteiger partial charge >= 0.3 is 0 Å². The standard InChI is InChI=1S/C19H24O2S/c1-18(2,20)19(3,4)22(21)17(15-11-7-5-8-12-15)16-13-9-6-10-14-16/h5-14,17,20H,1-4H3/t22-/m0/s1. The highest BCUT2D eigenvalue weighted by Gasteiger charge is 2.44. The predicted octanol–water partition coefficient (Wildman–Crippen LogP) is 4.07. The van der Waals surface area contributed by atoms with E-state index in [9.17, 15) is 9.32 Å². The number of rotatable bonds is 5. The largest absolute Gasteiger partial charge is 0.389 e. The Balaban J connectivity index is 2.54. The van der Waals surface area contributed by atoms with Crippen molar-refractivity contribution in [2.75, 3.05) is 0 Å². The molecule has 2 aromatic carbocycles. The molecule has 0 saturated heterocycles. The lowest BCUT2D eigenvalue weighted by molar-refractivity contribution is 0.0471. The van der Waals surface area contributed by atoms with Gasteiger partial charge in [-0.15, -0.1) is 0 Å². The van der Waals surface area contributed by atoms with Gasteiger partial charge in [-0.25, -0.2) is 0 Å². The molecule has 0 unspecified atom stereocenters. The van der Waals surface area contributed by atoms with E-state index >= 15 is 0 Å². The first-order chi connectivity index (χ1) is 10.2. The quantitative estimate of drug-likeness (QED) is 0.902. The summed E-state index contributed by atoms with van der Waals surface area (Å²) < 4.78 is 12.6. The van der Waals surface area contributed by atoms with Gasteiger partial charge in [-0.3, -0.25) is 4.21 Å². The normalized spacial score (nSPS) is 14.1. The molecule has 118 valence electrons. The molecule has 1 N–H and O–H groups in total. The predicted molar refractivity (Wildman–Crippen MR) is 93.2 cm³/mol. The van der Waals surface area contributed by atoms with Crippen LogP contribution < -0.4 is 0 Å². The summed E-state index contributed by atoms with van der Waals surface area (Å²) in [5.74, 6) is 0. The van der Waals surface area contributed by atoms with Gasteiger partial charge in [0.2, 0.25) is 0 Å². The van der Waals surface area contributed by atoms with E-state index in [1.807, 2.05) is 74.5 Å². The summed E-state index contributed by atoms with van der Waals surface area (Å²) in [5, 5.41) is 10.2. The number of benzene rings is 2. The fourth-order valence-electron chi connectivity index (χ4n) is 2.24. The lowest BCUT2D eigenvalue weighted by Crippen LogP contribution is -2.49. The van der Waals surface area contributed by atoms with Crippen molar-refractivity contribution in [1.82, 2.24) is 0 Å². The van der Waals surface area contributed by atoms with Crippen molar-refractivity contribution < 1.29 is 9.32 Å². The fraction of sp³-hybridized carbons (Fsp3) is 0.368. The Morgan fingerprint density at radius 1 is 0.818 bits per heavy atom. The van der Waals surface area contributed by atoms with E-state index in [0.29, 0.717) is 0 Å². The molecule has 0 aliphatic heterocycles. The molecule has 0 heterocycles. The Morgan fingerprint density at radius 3 is 1.50 bits per heavy atom.